The fourth-order valence-electron chi connectivity index (χ4n) is 11.9. The normalized spacial score (nSPS) is 12.6. The van der Waals surface area contributed by atoms with Crippen molar-refractivity contribution in [1.29, 1.82) is 0 Å². The molecule has 0 amide bonds. The Morgan fingerprint density at radius 1 is 0.296 bits per heavy atom. The van der Waals surface area contributed by atoms with E-state index in [4.69, 9.17) is 0 Å². The van der Waals surface area contributed by atoms with E-state index in [1.807, 2.05) is 0 Å². The van der Waals surface area contributed by atoms with E-state index in [1.54, 1.807) is 0 Å². The molecule has 0 N–H and O–H groups in total. The first kappa shape index (κ1) is 40.8. The van der Waals surface area contributed by atoms with Gasteiger partial charge in [0.15, 0.2) is 0 Å². The molecule has 0 saturated heterocycles. The second-order valence-electron chi connectivity index (χ2n) is 18.8. The lowest BCUT2D eigenvalue weighted by atomic mass is 9.67. The van der Waals surface area contributed by atoms with E-state index in [0.29, 0.717) is 0 Å². The zero-order valence-electron chi connectivity index (χ0n) is 39.0. The largest absolute Gasteiger partial charge is 0.309 e. The number of anilines is 3. The summed E-state index contributed by atoms with van der Waals surface area (Å²) in [5.41, 5.74) is 18.9. The van der Waals surface area contributed by atoms with Crippen LogP contribution in [0.1, 0.15) is 22.3 Å². The van der Waals surface area contributed by atoms with Gasteiger partial charge in [-0.1, -0.05) is 218 Å². The molecule has 1 aliphatic rings. The lowest BCUT2D eigenvalue weighted by Crippen LogP contribution is -2.28. The molecule has 0 saturated carbocycles. The van der Waals surface area contributed by atoms with Gasteiger partial charge in [-0.15, -0.1) is 0 Å². The molecule has 2 heteroatoms. The number of hydrogen-bond acceptors (Lipinski definition) is 1. The van der Waals surface area contributed by atoms with Crippen molar-refractivity contribution in [3.05, 3.63) is 301 Å². The van der Waals surface area contributed by atoms with Gasteiger partial charge in [0.1, 0.15) is 0 Å². The van der Waals surface area contributed by atoms with E-state index in [0.717, 1.165) is 22.7 Å². The van der Waals surface area contributed by atoms with E-state index in [-0.39, 0.29) is 0 Å². The molecule has 0 fully saturated rings. The quantitative estimate of drug-likeness (QED) is 0.147. The van der Waals surface area contributed by atoms with Crippen LogP contribution in [0.5, 0.6) is 0 Å². The lowest BCUT2D eigenvalue weighted by molar-refractivity contribution is 0.767. The van der Waals surface area contributed by atoms with Gasteiger partial charge < -0.3 is 9.47 Å². The third-order valence-corrected chi connectivity index (χ3v) is 15.0. The Morgan fingerprint density at radius 2 is 0.803 bits per heavy atom. The number of benzene rings is 12. The minimum Gasteiger partial charge on any atom is -0.309 e. The second kappa shape index (κ2) is 16.5. The first-order chi connectivity index (χ1) is 35.2. The van der Waals surface area contributed by atoms with Gasteiger partial charge in [-0.05, 0) is 127 Å². The van der Waals surface area contributed by atoms with Crippen molar-refractivity contribution >= 4 is 60.4 Å². The van der Waals surface area contributed by atoms with Crippen LogP contribution in [-0.4, -0.2) is 4.57 Å². The summed E-state index contributed by atoms with van der Waals surface area (Å²) in [4.78, 5) is 2.42. The van der Waals surface area contributed by atoms with Crippen LogP contribution in [0, 0.1) is 0 Å². The van der Waals surface area contributed by atoms with Crippen LogP contribution < -0.4 is 4.90 Å². The third-order valence-electron chi connectivity index (χ3n) is 15.0. The topological polar surface area (TPSA) is 8.17 Å². The maximum absolute atomic E-state index is 2.47. The average Bonchev–Trinajstić information content (AvgIpc) is 3.94. The molecular weight excluding hydrogens is 857 g/mol. The molecule has 0 radical (unpaired) electrons. The molecule has 0 unspecified atom stereocenters. The number of rotatable bonds is 8. The standard InChI is InChI=1S/C69H46N2/c1-3-24-53(25-4-1)69(54-26-5-2-6-27-54)63-32-13-11-30-59(63)60-42-41-56(46-64(60)69)71-67-33-14-12-31-61(67)62-45-52(38-43-68(62)71)51-23-15-22-50(44-51)47-36-39-55(40-37-47)70(65-34-16-20-48-18-7-9-28-57(48)65)66-35-17-21-49-19-8-10-29-58(49)66/h1-46H. The zero-order valence-corrected chi connectivity index (χ0v) is 39.0. The summed E-state index contributed by atoms with van der Waals surface area (Å²) in [6.45, 7) is 0. The number of para-hydroxylation sites is 1. The number of hydrogen-bond donors (Lipinski definition) is 0. The van der Waals surface area contributed by atoms with Gasteiger partial charge in [0.25, 0.3) is 0 Å². The van der Waals surface area contributed by atoms with E-state index in [9.17, 15) is 0 Å². The van der Waals surface area contributed by atoms with Crippen molar-refractivity contribution in [3.8, 4) is 39.1 Å². The Balaban J connectivity index is 0.862. The molecule has 12 aromatic carbocycles. The summed E-state index contributed by atoms with van der Waals surface area (Å²) >= 11 is 0. The smallest absolute Gasteiger partial charge is 0.0714 e. The Morgan fingerprint density at radius 3 is 1.49 bits per heavy atom. The van der Waals surface area contributed by atoms with Gasteiger partial charge in [-0.25, -0.2) is 0 Å². The predicted molar refractivity (Wildman–Crippen MR) is 299 cm³/mol. The van der Waals surface area contributed by atoms with Crippen molar-refractivity contribution in [2.45, 2.75) is 5.41 Å². The second-order valence-corrected chi connectivity index (χ2v) is 18.8. The van der Waals surface area contributed by atoms with Crippen LogP contribution in [0.3, 0.4) is 0 Å². The van der Waals surface area contributed by atoms with Crippen LogP contribution in [-0.2, 0) is 5.41 Å². The molecule has 2 nitrogen and oxygen atoms in total. The maximum atomic E-state index is 2.47. The van der Waals surface area contributed by atoms with E-state index in [2.05, 4.69) is 289 Å². The SMILES string of the molecule is c1ccc(C2(c3ccccc3)c3ccccc3-c3ccc(-n4c5ccccc5c5cc(-c6cccc(-c7ccc(N(c8cccc9ccccc89)c8cccc9ccccc89)cc7)c6)ccc54)cc32)cc1. The Kier molecular flexibility index (Phi) is 9.47. The summed E-state index contributed by atoms with van der Waals surface area (Å²) < 4.78 is 2.47. The van der Waals surface area contributed by atoms with Gasteiger partial charge in [-0.3, -0.25) is 0 Å². The van der Waals surface area contributed by atoms with Crippen molar-refractivity contribution in [3.63, 3.8) is 0 Å². The summed E-state index contributed by atoms with van der Waals surface area (Å²) in [5.74, 6) is 0. The number of nitrogens with zero attached hydrogens (tertiary/aromatic N) is 2. The van der Waals surface area contributed by atoms with Crippen LogP contribution in [0.2, 0.25) is 0 Å². The van der Waals surface area contributed by atoms with E-state index in [1.165, 1.54) is 99.0 Å². The highest BCUT2D eigenvalue weighted by Gasteiger charge is 2.46. The fraction of sp³-hybridized carbons (Fsp3) is 0.0145. The van der Waals surface area contributed by atoms with Crippen LogP contribution in [0.4, 0.5) is 17.1 Å². The zero-order chi connectivity index (χ0) is 46.9. The van der Waals surface area contributed by atoms with Crippen LogP contribution >= 0.6 is 0 Å². The highest BCUT2D eigenvalue weighted by molar-refractivity contribution is 6.11. The van der Waals surface area contributed by atoms with Gasteiger partial charge in [0.2, 0.25) is 0 Å². The number of aromatic nitrogens is 1. The van der Waals surface area contributed by atoms with Crippen molar-refractivity contribution in [2.75, 3.05) is 4.90 Å². The summed E-state index contributed by atoms with van der Waals surface area (Å²) in [5, 5.41) is 7.33. The first-order valence-electron chi connectivity index (χ1n) is 24.6. The molecule has 332 valence electrons. The highest BCUT2D eigenvalue weighted by atomic mass is 15.1. The molecule has 1 aromatic heterocycles. The number of fused-ring (bicyclic) bond motifs is 8. The molecule has 14 rings (SSSR count). The summed E-state index contributed by atoms with van der Waals surface area (Å²) in [6.07, 6.45) is 0. The van der Waals surface area contributed by atoms with Crippen molar-refractivity contribution in [1.82, 2.24) is 4.57 Å². The van der Waals surface area contributed by atoms with Crippen molar-refractivity contribution in [2.24, 2.45) is 0 Å². The minimum atomic E-state index is -0.478. The molecule has 0 spiro atoms. The molecular formula is C69H46N2. The predicted octanol–water partition coefficient (Wildman–Crippen LogP) is 18.3. The molecule has 0 atom stereocenters. The molecule has 1 aliphatic carbocycles. The van der Waals surface area contributed by atoms with E-state index >= 15 is 0 Å². The fourth-order valence-corrected chi connectivity index (χ4v) is 11.9. The molecule has 0 bridgehead atoms. The monoisotopic (exact) mass is 902 g/mol. The van der Waals surface area contributed by atoms with Crippen LogP contribution in [0.15, 0.2) is 279 Å². The summed E-state index contributed by atoms with van der Waals surface area (Å²) in [7, 11) is 0. The molecule has 13 aromatic rings. The highest BCUT2D eigenvalue weighted by Crippen LogP contribution is 2.56. The molecule has 1 heterocycles. The van der Waals surface area contributed by atoms with Crippen LogP contribution in [0.25, 0.3) is 82.4 Å². The summed E-state index contributed by atoms with van der Waals surface area (Å²) in [6, 6.07) is 103. The lowest BCUT2D eigenvalue weighted by Gasteiger charge is -2.34. The third kappa shape index (κ3) is 6.42. The van der Waals surface area contributed by atoms with E-state index < -0.39 is 5.41 Å². The Labute approximate surface area is 413 Å². The average molecular weight is 903 g/mol. The maximum Gasteiger partial charge on any atom is 0.0714 e. The van der Waals surface area contributed by atoms with Crippen molar-refractivity contribution < 1.29 is 0 Å². The van der Waals surface area contributed by atoms with Gasteiger partial charge in [0, 0.05) is 32.9 Å². The Bertz CT molecular complexity index is 4040. The first-order valence-corrected chi connectivity index (χ1v) is 24.6. The van der Waals surface area contributed by atoms with Gasteiger partial charge >= 0.3 is 0 Å². The molecule has 71 heavy (non-hydrogen) atoms. The van der Waals surface area contributed by atoms with Gasteiger partial charge in [-0.2, -0.15) is 0 Å². The molecule has 0 aliphatic heterocycles. The minimum absolute atomic E-state index is 0.478. The van der Waals surface area contributed by atoms with Gasteiger partial charge in [0.05, 0.1) is 27.8 Å². The Hall–Kier alpha value is -9.24.